The first-order chi connectivity index (χ1) is 13.6. The van der Waals surface area contributed by atoms with Gasteiger partial charge in [-0.1, -0.05) is 18.2 Å². The highest BCUT2D eigenvalue weighted by Gasteiger charge is 2.15. The van der Waals surface area contributed by atoms with Gasteiger partial charge in [0.1, 0.15) is 4.83 Å². The van der Waals surface area contributed by atoms with Crippen molar-refractivity contribution >= 4 is 27.2 Å². The Hall–Kier alpha value is -3.83. The van der Waals surface area contributed by atoms with E-state index in [1.165, 1.54) is 34.4 Å². The van der Waals surface area contributed by atoms with Crippen LogP contribution in [-0.4, -0.2) is 14.5 Å². The van der Waals surface area contributed by atoms with Crippen molar-refractivity contribution in [3.63, 3.8) is 0 Å². The summed E-state index contributed by atoms with van der Waals surface area (Å²) >= 11 is 1.35. The Kier molecular flexibility index (Phi) is 4.43. The van der Waals surface area contributed by atoms with Crippen LogP contribution in [0.1, 0.15) is 11.1 Å². The molecule has 136 valence electrons. The molecule has 28 heavy (non-hydrogen) atoms. The molecule has 8 heteroatoms. The zero-order valence-electron chi connectivity index (χ0n) is 14.4. The third-order valence-electron chi connectivity index (χ3n) is 4.43. The van der Waals surface area contributed by atoms with E-state index in [2.05, 4.69) is 11.1 Å². The topological polar surface area (TPSA) is 102 Å². The predicted molar refractivity (Wildman–Crippen MR) is 106 cm³/mol. The van der Waals surface area contributed by atoms with E-state index in [0.29, 0.717) is 26.9 Å². The van der Waals surface area contributed by atoms with Crippen LogP contribution in [-0.2, 0) is 6.54 Å². The van der Waals surface area contributed by atoms with Crippen molar-refractivity contribution in [1.82, 2.24) is 9.55 Å². The maximum atomic E-state index is 13.1. The highest BCUT2D eigenvalue weighted by atomic mass is 32.1. The largest absolute Gasteiger partial charge is 0.294 e. The van der Waals surface area contributed by atoms with Gasteiger partial charge in [-0.15, -0.1) is 11.3 Å². The van der Waals surface area contributed by atoms with Gasteiger partial charge in [0.15, 0.2) is 0 Å². The average molecular weight is 388 g/mol. The van der Waals surface area contributed by atoms with Crippen molar-refractivity contribution in [2.45, 2.75) is 6.54 Å². The van der Waals surface area contributed by atoms with Crippen molar-refractivity contribution in [2.24, 2.45) is 0 Å². The number of hydrogen-bond acceptors (Lipinski definition) is 6. The fourth-order valence-electron chi connectivity index (χ4n) is 3.01. The number of hydrogen-bond donors (Lipinski definition) is 0. The predicted octanol–water partition coefficient (Wildman–Crippen LogP) is 3.95. The maximum Gasteiger partial charge on any atom is 0.269 e. The van der Waals surface area contributed by atoms with Gasteiger partial charge in [-0.2, -0.15) is 5.26 Å². The van der Waals surface area contributed by atoms with Gasteiger partial charge in [0.05, 0.1) is 34.8 Å². The van der Waals surface area contributed by atoms with Crippen molar-refractivity contribution in [2.75, 3.05) is 0 Å². The van der Waals surface area contributed by atoms with Crippen LogP contribution >= 0.6 is 11.3 Å². The summed E-state index contributed by atoms with van der Waals surface area (Å²) < 4.78 is 1.47. The minimum absolute atomic E-state index is 0.00747. The monoisotopic (exact) mass is 388 g/mol. The average Bonchev–Trinajstić information content (AvgIpc) is 3.15. The molecule has 0 atom stereocenters. The number of nitro benzene ring substituents is 1. The molecule has 4 aromatic rings. The maximum absolute atomic E-state index is 13.1. The summed E-state index contributed by atoms with van der Waals surface area (Å²) in [6.07, 6.45) is 1.48. The van der Waals surface area contributed by atoms with Gasteiger partial charge in [0.25, 0.3) is 11.2 Å². The Morgan fingerprint density at radius 3 is 2.64 bits per heavy atom. The number of benzene rings is 2. The van der Waals surface area contributed by atoms with Gasteiger partial charge in [0.2, 0.25) is 0 Å². The molecular formula is C20H12N4O3S. The zero-order valence-corrected chi connectivity index (χ0v) is 15.2. The normalized spacial score (nSPS) is 10.7. The van der Waals surface area contributed by atoms with E-state index in [4.69, 9.17) is 0 Å². The van der Waals surface area contributed by atoms with Crippen LogP contribution in [0.5, 0.6) is 0 Å². The first-order valence-corrected chi connectivity index (χ1v) is 9.16. The van der Waals surface area contributed by atoms with E-state index in [9.17, 15) is 20.2 Å². The molecule has 0 unspecified atom stereocenters. The number of aromatic nitrogens is 2. The summed E-state index contributed by atoms with van der Waals surface area (Å²) in [5.41, 5.74) is 2.43. The van der Waals surface area contributed by atoms with Gasteiger partial charge in [-0.25, -0.2) is 4.98 Å². The van der Waals surface area contributed by atoms with E-state index >= 15 is 0 Å². The van der Waals surface area contributed by atoms with E-state index in [1.807, 2.05) is 11.4 Å². The summed E-state index contributed by atoms with van der Waals surface area (Å²) in [6, 6.07) is 15.3. The fraction of sp³-hybridized carbons (Fsp3) is 0.0500. The standard InChI is InChI=1S/C20H12N4O3S/c21-9-14-3-1-2-4-15(14)10-23-12-22-19-18(20(23)25)17(11-28-19)13-5-7-16(8-6-13)24(26)27/h1-8,11-12H,10H2. The molecule has 0 aliphatic rings. The van der Waals surface area contributed by atoms with Crippen LogP contribution in [0.2, 0.25) is 0 Å². The third kappa shape index (κ3) is 3.04. The molecule has 7 nitrogen and oxygen atoms in total. The first-order valence-electron chi connectivity index (χ1n) is 8.28. The molecule has 0 radical (unpaired) electrons. The molecule has 2 heterocycles. The summed E-state index contributed by atoms with van der Waals surface area (Å²) in [5.74, 6) is 0. The zero-order chi connectivity index (χ0) is 19.7. The number of nitrogens with zero attached hydrogens (tertiary/aromatic N) is 4. The van der Waals surface area contributed by atoms with Crippen LogP contribution in [0.4, 0.5) is 5.69 Å². The van der Waals surface area contributed by atoms with Crippen LogP contribution in [0.3, 0.4) is 0 Å². The minimum Gasteiger partial charge on any atom is -0.294 e. The molecular weight excluding hydrogens is 376 g/mol. The molecule has 0 aliphatic carbocycles. The first kappa shape index (κ1) is 17.6. The quantitative estimate of drug-likeness (QED) is 0.389. The molecule has 0 saturated heterocycles. The third-order valence-corrected chi connectivity index (χ3v) is 5.31. The highest BCUT2D eigenvalue weighted by molar-refractivity contribution is 7.17. The molecule has 0 bridgehead atoms. The Morgan fingerprint density at radius 2 is 1.93 bits per heavy atom. The summed E-state index contributed by atoms with van der Waals surface area (Å²) in [6.45, 7) is 0.237. The van der Waals surface area contributed by atoms with Crippen molar-refractivity contribution < 1.29 is 4.92 Å². The van der Waals surface area contributed by atoms with Crippen LogP contribution in [0, 0.1) is 21.4 Å². The van der Waals surface area contributed by atoms with E-state index < -0.39 is 4.92 Å². The lowest BCUT2D eigenvalue weighted by Crippen LogP contribution is -2.21. The van der Waals surface area contributed by atoms with Crippen LogP contribution < -0.4 is 5.56 Å². The number of fused-ring (bicyclic) bond motifs is 1. The Labute approximate surface area is 162 Å². The lowest BCUT2D eigenvalue weighted by molar-refractivity contribution is -0.384. The molecule has 0 spiro atoms. The number of nitriles is 1. The second-order valence-electron chi connectivity index (χ2n) is 6.08. The fourth-order valence-corrected chi connectivity index (χ4v) is 3.91. The minimum atomic E-state index is -0.462. The second kappa shape index (κ2) is 7.06. The lowest BCUT2D eigenvalue weighted by atomic mass is 10.1. The molecule has 0 aliphatic heterocycles. The Bertz CT molecular complexity index is 1300. The van der Waals surface area contributed by atoms with Gasteiger partial charge in [-0.3, -0.25) is 19.5 Å². The van der Waals surface area contributed by atoms with E-state index in [1.54, 1.807) is 30.3 Å². The van der Waals surface area contributed by atoms with Gasteiger partial charge in [0, 0.05) is 23.1 Å². The van der Waals surface area contributed by atoms with Gasteiger partial charge in [-0.05, 0) is 29.3 Å². The smallest absolute Gasteiger partial charge is 0.269 e. The summed E-state index contributed by atoms with van der Waals surface area (Å²) in [7, 11) is 0. The van der Waals surface area contributed by atoms with Crippen LogP contribution in [0.15, 0.2) is 65.0 Å². The summed E-state index contributed by atoms with van der Waals surface area (Å²) in [5, 5.41) is 22.4. The van der Waals surface area contributed by atoms with Crippen LogP contribution in [0.25, 0.3) is 21.3 Å². The molecule has 4 rings (SSSR count). The number of non-ortho nitro benzene ring substituents is 1. The Balaban J connectivity index is 1.81. The number of rotatable bonds is 4. The van der Waals surface area contributed by atoms with Crippen molar-refractivity contribution in [3.05, 3.63) is 91.8 Å². The molecule has 2 aromatic heterocycles. The SMILES string of the molecule is N#Cc1ccccc1Cn1cnc2scc(-c3ccc([N+](=O)[O-])cc3)c2c1=O. The summed E-state index contributed by atoms with van der Waals surface area (Å²) in [4.78, 5) is 28.5. The molecule has 0 N–H and O–H groups in total. The number of thiophene rings is 1. The van der Waals surface area contributed by atoms with Gasteiger partial charge >= 0.3 is 0 Å². The number of nitro groups is 1. The van der Waals surface area contributed by atoms with Gasteiger partial charge < -0.3 is 0 Å². The van der Waals surface area contributed by atoms with Crippen molar-refractivity contribution in [3.8, 4) is 17.2 Å². The molecule has 0 amide bonds. The second-order valence-corrected chi connectivity index (χ2v) is 6.94. The van der Waals surface area contributed by atoms with E-state index in [0.717, 1.165) is 5.56 Å². The molecule has 0 saturated carbocycles. The Morgan fingerprint density at radius 1 is 1.18 bits per heavy atom. The molecule has 0 fully saturated rings. The van der Waals surface area contributed by atoms with Crippen molar-refractivity contribution in [1.29, 1.82) is 5.26 Å². The molecule has 2 aromatic carbocycles. The lowest BCUT2D eigenvalue weighted by Gasteiger charge is -2.08. The highest BCUT2D eigenvalue weighted by Crippen LogP contribution is 2.31. The van der Waals surface area contributed by atoms with E-state index in [-0.39, 0.29) is 17.8 Å².